The number of carbonyl (C=O) groups excluding carboxylic acids is 1. The first-order valence-electron chi connectivity index (χ1n) is 10.5. The van der Waals surface area contributed by atoms with Crippen molar-refractivity contribution >= 4 is 42.3 Å². The molecule has 0 spiro atoms. The third kappa shape index (κ3) is 4.62. The number of halogens is 1. The molecular weight excluding hydrogens is 397 g/mol. The molecule has 1 saturated carbocycles. The lowest BCUT2D eigenvalue weighted by Gasteiger charge is -2.15. The van der Waals surface area contributed by atoms with Crippen molar-refractivity contribution in [3.8, 4) is 11.3 Å². The van der Waals surface area contributed by atoms with Gasteiger partial charge in [0.2, 0.25) is 5.91 Å². The van der Waals surface area contributed by atoms with Crippen LogP contribution in [0.2, 0.25) is 5.02 Å². The fraction of sp³-hybridized carbons (Fsp3) is 0.409. The zero-order valence-electron chi connectivity index (χ0n) is 16.9. The van der Waals surface area contributed by atoms with E-state index in [9.17, 15) is 4.79 Å². The summed E-state index contributed by atoms with van der Waals surface area (Å²) in [5.74, 6) is 1.06. The zero-order valence-corrected chi connectivity index (χ0v) is 17.7. The molecule has 2 heterocycles. The number of nitrogens with zero attached hydrogens (tertiary/aromatic N) is 3. The zero-order chi connectivity index (χ0) is 20.9. The van der Waals surface area contributed by atoms with Gasteiger partial charge >= 0.3 is 0 Å². The second kappa shape index (κ2) is 9.52. The van der Waals surface area contributed by atoms with Gasteiger partial charge in [-0.25, -0.2) is 4.98 Å². The molecule has 6 nitrogen and oxygen atoms in total. The number of nitrogens with one attached hydrogen (secondary N) is 2. The molecule has 0 bridgehead atoms. The van der Waals surface area contributed by atoms with Gasteiger partial charge in [-0.2, -0.15) is 9.61 Å². The first-order chi connectivity index (χ1) is 14.6. The number of hydrogen-bond donors (Lipinski definition) is 2. The SMILES string of the molecule is [B]c1cnn2c(NCCNC(=O)C3CCCCCC3)cc(-c3ccccc3Cl)nc12. The van der Waals surface area contributed by atoms with E-state index in [2.05, 4.69) is 20.7 Å². The number of fused-ring (bicyclic) bond motifs is 1. The highest BCUT2D eigenvalue weighted by Gasteiger charge is 2.19. The standard InChI is InChI=1S/C22H25BClN5O/c23-17-14-27-29-20(13-19(28-21(17)29)16-9-5-6-10-18(16)24)25-11-12-26-22(30)15-7-3-1-2-4-8-15/h5-6,9-10,13-15,25H,1-4,7-8,11-12H2,(H,26,30). The lowest BCUT2D eigenvalue weighted by atomic mass is 9.99. The molecule has 1 amide bonds. The summed E-state index contributed by atoms with van der Waals surface area (Å²) in [5.41, 5.74) is 2.60. The molecule has 3 aromatic rings. The van der Waals surface area contributed by atoms with Crippen LogP contribution in [0.5, 0.6) is 0 Å². The minimum absolute atomic E-state index is 0.151. The highest BCUT2D eigenvalue weighted by Crippen LogP contribution is 2.28. The number of benzene rings is 1. The van der Waals surface area contributed by atoms with Gasteiger partial charge in [-0.3, -0.25) is 4.79 Å². The predicted octanol–water partition coefficient (Wildman–Crippen LogP) is 3.34. The molecule has 2 radical (unpaired) electrons. The van der Waals surface area contributed by atoms with Gasteiger partial charge in [0.05, 0.1) is 5.69 Å². The Kier molecular flexibility index (Phi) is 6.57. The van der Waals surface area contributed by atoms with Gasteiger partial charge in [-0.05, 0) is 24.4 Å². The molecule has 1 fully saturated rings. The molecule has 1 aliphatic rings. The molecule has 4 rings (SSSR count). The second-order valence-electron chi connectivity index (χ2n) is 7.75. The number of amides is 1. The summed E-state index contributed by atoms with van der Waals surface area (Å²) in [7, 11) is 6.06. The summed E-state index contributed by atoms with van der Waals surface area (Å²) < 4.78 is 1.67. The fourth-order valence-corrected chi connectivity index (χ4v) is 4.21. The van der Waals surface area contributed by atoms with Gasteiger partial charge in [0.15, 0.2) is 5.65 Å². The number of anilines is 1. The van der Waals surface area contributed by atoms with Crippen LogP contribution < -0.4 is 16.1 Å². The van der Waals surface area contributed by atoms with E-state index >= 15 is 0 Å². The molecule has 154 valence electrons. The minimum atomic E-state index is 0.151. The second-order valence-corrected chi connectivity index (χ2v) is 8.16. The maximum absolute atomic E-state index is 12.5. The largest absolute Gasteiger partial charge is 0.368 e. The van der Waals surface area contributed by atoms with Crippen LogP contribution in [0, 0.1) is 5.92 Å². The van der Waals surface area contributed by atoms with Crippen LogP contribution in [0.25, 0.3) is 16.9 Å². The van der Waals surface area contributed by atoms with Crippen LogP contribution in [0.4, 0.5) is 5.82 Å². The Labute approximate surface area is 182 Å². The van der Waals surface area contributed by atoms with Crippen LogP contribution in [-0.2, 0) is 4.79 Å². The first kappa shape index (κ1) is 20.7. The van der Waals surface area contributed by atoms with E-state index in [-0.39, 0.29) is 11.8 Å². The van der Waals surface area contributed by atoms with E-state index in [0.29, 0.717) is 34.9 Å². The van der Waals surface area contributed by atoms with Crippen molar-refractivity contribution in [1.82, 2.24) is 19.9 Å². The molecule has 8 heteroatoms. The summed E-state index contributed by atoms with van der Waals surface area (Å²) in [6, 6.07) is 9.45. The van der Waals surface area contributed by atoms with Gasteiger partial charge in [-0.1, -0.05) is 55.5 Å². The molecule has 1 aliphatic carbocycles. The van der Waals surface area contributed by atoms with Crippen LogP contribution in [-0.4, -0.2) is 41.4 Å². The Balaban J connectivity index is 1.46. The van der Waals surface area contributed by atoms with E-state index in [1.807, 2.05) is 30.3 Å². The van der Waals surface area contributed by atoms with E-state index < -0.39 is 0 Å². The fourth-order valence-electron chi connectivity index (χ4n) is 3.97. The Hall–Kier alpha value is -2.54. The smallest absolute Gasteiger partial charge is 0.223 e. The van der Waals surface area contributed by atoms with Crippen molar-refractivity contribution in [3.05, 3.63) is 41.6 Å². The Bertz CT molecular complexity index is 1030. The highest BCUT2D eigenvalue weighted by atomic mass is 35.5. The van der Waals surface area contributed by atoms with E-state index in [0.717, 1.165) is 37.1 Å². The van der Waals surface area contributed by atoms with Crippen molar-refractivity contribution in [1.29, 1.82) is 0 Å². The van der Waals surface area contributed by atoms with Crippen molar-refractivity contribution in [3.63, 3.8) is 0 Å². The third-order valence-corrected chi connectivity index (χ3v) is 5.93. The predicted molar refractivity (Wildman–Crippen MR) is 122 cm³/mol. The van der Waals surface area contributed by atoms with Crippen molar-refractivity contribution in [2.24, 2.45) is 5.92 Å². The summed E-state index contributed by atoms with van der Waals surface area (Å²) in [4.78, 5) is 17.1. The number of aromatic nitrogens is 3. The van der Waals surface area contributed by atoms with Crippen LogP contribution in [0.15, 0.2) is 36.5 Å². The molecule has 2 N–H and O–H groups in total. The quantitative estimate of drug-likeness (QED) is 0.364. The minimum Gasteiger partial charge on any atom is -0.368 e. The molecule has 2 aromatic heterocycles. The molecule has 0 saturated heterocycles. The number of rotatable bonds is 6. The van der Waals surface area contributed by atoms with Gasteiger partial charge in [0.1, 0.15) is 13.7 Å². The molecule has 0 unspecified atom stereocenters. The van der Waals surface area contributed by atoms with Gasteiger partial charge < -0.3 is 10.6 Å². The number of hydrogen-bond acceptors (Lipinski definition) is 4. The third-order valence-electron chi connectivity index (χ3n) is 5.61. The average molecular weight is 422 g/mol. The van der Waals surface area contributed by atoms with Gasteiger partial charge in [0, 0.05) is 41.9 Å². The Morgan fingerprint density at radius 2 is 1.93 bits per heavy atom. The lowest BCUT2D eigenvalue weighted by Crippen LogP contribution is -2.34. The van der Waals surface area contributed by atoms with Crippen LogP contribution >= 0.6 is 11.6 Å². The van der Waals surface area contributed by atoms with Crippen molar-refractivity contribution < 1.29 is 4.79 Å². The molecule has 0 atom stereocenters. The molecular formula is C22H25BClN5O. The van der Waals surface area contributed by atoms with E-state index in [4.69, 9.17) is 19.4 Å². The monoisotopic (exact) mass is 421 g/mol. The normalized spacial score (nSPS) is 15.1. The topological polar surface area (TPSA) is 71.3 Å². The van der Waals surface area contributed by atoms with Gasteiger partial charge in [0.25, 0.3) is 0 Å². The van der Waals surface area contributed by atoms with Crippen molar-refractivity contribution in [2.75, 3.05) is 18.4 Å². The molecule has 30 heavy (non-hydrogen) atoms. The van der Waals surface area contributed by atoms with E-state index in [1.165, 1.54) is 12.8 Å². The summed E-state index contributed by atoms with van der Waals surface area (Å²) in [6.07, 6.45) is 8.36. The Morgan fingerprint density at radius 3 is 2.70 bits per heavy atom. The van der Waals surface area contributed by atoms with Crippen molar-refractivity contribution in [2.45, 2.75) is 38.5 Å². The van der Waals surface area contributed by atoms with Gasteiger partial charge in [-0.15, -0.1) is 0 Å². The summed E-state index contributed by atoms with van der Waals surface area (Å²) in [5, 5.41) is 11.4. The maximum Gasteiger partial charge on any atom is 0.223 e. The lowest BCUT2D eigenvalue weighted by molar-refractivity contribution is -0.125. The maximum atomic E-state index is 12.5. The summed E-state index contributed by atoms with van der Waals surface area (Å²) >= 11 is 6.36. The average Bonchev–Trinajstić information content (AvgIpc) is 2.95. The molecule has 1 aromatic carbocycles. The molecule has 0 aliphatic heterocycles. The van der Waals surface area contributed by atoms with Crippen LogP contribution in [0.3, 0.4) is 0 Å². The number of carbonyl (C=O) groups is 1. The summed E-state index contributed by atoms with van der Waals surface area (Å²) in [6.45, 7) is 1.11. The van der Waals surface area contributed by atoms with Crippen LogP contribution in [0.1, 0.15) is 38.5 Å². The Morgan fingerprint density at radius 1 is 1.17 bits per heavy atom. The van der Waals surface area contributed by atoms with E-state index in [1.54, 1.807) is 10.7 Å². The highest BCUT2D eigenvalue weighted by molar-refractivity contribution is 6.36. The first-order valence-corrected chi connectivity index (χ1v) is 10.9.